The van der Waals surface area contributed by atoms with Crippen molar-refractivity contribution in [2.45, 2.75) is 0 Å². The van der Waals surface area contributed by atoms with E-state index in [0.29, 0.717) is 11.5 Å². The number of benzene rings is 2. The van der Waals surface area contributed by atoms with Crippen LogP contribution in [0, 0.1) is 3.57 Å². The summed E-state index contributed by atoms with van der Waals surface area (Å²) >= 11 is 2.14. The monoisotopic (exact) mass is 412 g/mol. The summed E-state index contributed by atoms with van der Waals surface area (Å²) in [5, 5.41) is 0. The van der Waals surface area contributed by atoms with Crippen molar-refractivity contribution in [1.82, 2.24) is 0 Å². The van der Waals surface area contributed by atoms with Crippen LogP contribution >= 0.6 is 22.6 Å². The van der Waals surface area contributed by atoms with Gasteiger partial charge in [0.1, 0.15) is 11.5 Å². The van der Waals surface area contributed by atoms with Crippen LogP contribution in [0.25, 0.3) is 0 Å². The van der Waals surface area contributed by atoms with E-state index in [9.17, 15) is 9.59 Å². The zero-order valence-corrected chi connectivity index (χ0v) is 14.1. The summed E-state index contributed by atoms with van der Waals surface area (Å²) < 4.78 is 16.0. The number of para-hydroxylation sites is 1. The zero-order valence-electron chi connectivity index (χ0n) is 12.0. The van der Waals surface area contributed by atoms with Gasteiger partial charge in [-0.15, -0.1) is 0 Å². The van der Waals surface area contributed by atoms with Crippen molar-refractivity contribution in [2.24, 2.45) is 0 Å². The van der Waals surface area contributed by atoms with E-state index in [2.05, 4.69) is 32.1 Å². The molecule has 0 heterocycles. The number of halogens is 1. The maximum Gasteiger partial charge on any atom is 0.338 e. The Morgan fingerprint density at radius 2 is 1.45 bits per heavy atom. The van der Waals surface area contributed by atoms with Gasteiger partial charge in [0.25, 0.3) is 0 Å². The normalized spacial score (nSPS) is 9.95. The molecular weight excluding hydrogens is 399 g/mol. The van der Waals surface area contributed by atoms with Gasteiger partial charge in [-0.3, -0.25) is 0 Å². The lowest BCUT2D eigenvalue weighted by molar-refractivity contribution is 0.0598. The minimum absolute atomic E-state index is 0.214. The largest absolute Gasteiger partial charge is 0.465 e. The Morgan fingerprint density at radius 1 is 0.909 bits per heavy atom. The van der Waals surface area contributed by atoms with Crippen LogP contribution in [0.4, 0.5) is 0 Å². The Hall–Kier alpha value is -2.09. The number of hydrogen-bond acceptors (Lipinski definition) is 5. The molecule has 6 heteroatoms. The van der Waals surface area contributed by atoms with Crippen LogP contribution in [0.2, 0.25) is 0 Å². The minimum Gasteiger partial charge on any atom is -0.465 e. The topological polar surface area (TPSA) is 61.8 Å². The summed E-state index contributed by atoms with van der Waals surface area (Å²) in [6, 6.07) is 11.8. The van der Waals surface area contributed by atoms with E-state index in [1.807, 2.05) is 18.2 Å². The van der Waals surface area contributed by atoms with Crippen molar-refractivity contribution in [2.75, 3.05) is 14.2 Å². The lowest BCUT2D eigenvalue weighted by atomic mass is 10.1. The Morgan fingerprint density at radius 3 is 1.95 bits per heavy atom. The van der Waals surface area contributed by atoms with Gasteiger partial charge < -0.3 is 14.2 Å². The van der Waals surface area contributed by atoms with Gasteiger partial charge >= 0.3 is 11.9 Å². The van der Waals surface area contributed by atoms with E-state index in [-0.39, 0.29) is 11.1 Å². The molecule has 0 atom stereocenters. The maximum atomic E-state index is 11.7. The highest BCUT2D eigenvalue weighted by Crippen LogP contribution is 2.28. The highest BCUT2D eigenvalue weighted by atomic mass is 127. The summed E-state index contributed by atoms with van der Waals surface area (Å²) in [5.74, 6) is -0.134. The van der Waals surface area contributed by atoms with Crippen molar-refractivity contribution in [3.8, 4) is 11.5 Å². The molecule has 0 aromatic heterocycles. The number of carbonyl (C=O) groups is 2. The summed E-state index contributed by atoms with van der Waals surface area (Å²) in [7, 11) is 2.54. The molecule has 0 aliphatic rings. The number of ether oxygens (including phenoxy) is 3. The van der Waals surface area contributed by atoms with Crippen LogP contribution in [0.3, 0.4) is 0 Å². The second kappa shape index (κ2) is 7.26. The highest BCUT2D eigenvalue weighted by Gasteiger charge is 2.15. The average molecular weight is 412 g/mol. The summed E-state index contributed by atoms with van der Waals surface area (Å²) in [5.41, 5.74) is 0.428. The fourth-order valence-corrected chi connectivity index (χ4v) is 2.28. The van der Waals surface area contributed by atoms with Crippen LogP contribution < -0.4 is 4.74 Å². The van der Waals surface area contributed by atoms with Crippen molar-refractivity contribution in [3.05, 3.63) is 57.2 Å². The van der Waals surface area contributed by atoms with Crippen molar-refractivity contribution in [1.29, 1.82) is 0 Å². The van der Waals surface area contributed by atoms with Gasteiger partial charge in [-0.05, 0) is 52.9 Å². The van der Waals surface area contributed by atoms with Crippen LogP contribution in [-0.4, -0.2) is 26.2 Å². The average Bonchev–Trinajstić information content (AvgIpc) is 2.55. The van der Waals surface area contributed by atoms with E-state index < -0.39 is 11.9 Å². The van der Waals surface area contributed by atoms with Gasteiger partial charge in [-0.2, -0.15) is 0 Å². The van der Waals surface area contributed by atoms with Crippen molar-refractivity contribution >= 4 is 34.5 Å². The highest BCUT2D eigenvalue weighted by molar-refractivity contribution is 14.1. The molecule has 5 nitrogen and oxygen atoms in total. The van der Waals surface area contributed by atoms with Gasteiger partial charge in [-0.25, -0.2) is 9.59 Å². The van der Waals surface area contributed by atoms with E-state index in [1.54, 1.807) is 6.07 Å². The molecule has 2 rings (SSSR count). The molecule has 2 aromatic rings. The number of hydrogen-bond donors (Lipinski definition) is 0. The minimum atomic E-state index is -0.557. The molecule has 0 radical (unpaired) electrons. The quantitative estimate of drug-likeness (QED) is 0.567. The van der Waals surface area contributed by atoms with Crippen LogP contribution in [0.15, 0.2) is 42.5 Å². The Balaban J connectivity index is 2.44. The molecule has 0 bridgehead atoms. The molecule has 114 valence electrons. The molecule has 0 fully saturated rings. The van der Waals surface area contributed by atoms with E-state index >= 15 is 0 Å². The zero-order chi connectivity index (χ0) is 16.1. The molecule has 0 spiro atoms. The van der Waals surface area contributed by atoms with E-state index in [4.69, 9.17) is 4.74 Å². The third-order valence-electron chi connectivity index (χ3n) is 2.81. The fourth-order valence-electron chi connectivity index (χ4n) is 1.78. The van der Waals surface area contributed by atoms with Crippen LogP contribution in [0.5, 0.6) is 11.5 Å². The Bertz CT molecular complexity index is 677. The second-order valence-electron chi connectivity index (χ2n) is 4.26. The van der Waals surface area contributed by atoms with Gasteiger partial charge in [0.05, 0.1) is 28.9 Å². The first-order chi connectivity index (χ1) is 10.5. The Labute approximate surface area is 141 Å². The lowest BCUT2D eigenvalue weighted by Gasteiger charge is -2.10. The van der Waals surface area contributed by atoms with Gasteiger partial charge in [0, 0.05) is 0 Å². The molecule has 0 N–H and O–H groups in total. The SMILES string of the molecule is COC(=O)c1cc(Oc2ccccc2I)cc(C(=O)OC)c1. The number of methoxy groups -OCH3 is 2. The number of rotatable bonds is 4. The fraction of sp³-hybridized carbons (Fsp3) is 0.125. The Kier molecular flexibility index (Phi) is 5.37. The second-order valence-corrected chi connectivity index (χ2v) is 5.42. The summed E-state index contributed by atoms with van der Waals surface area (Å²) in [4.78, 5) is 23.4. The third-order valence-corrected chi connectivity index (χ3v) is 3.70. The molecule has 22 heavy (non-hydrogen) atoms. The lowest BCUT2D eigenvalue weighted by Crippen LogP contribution is -2.07. The third kappa shape index (κ3) is 3.76. The molecule has 0 amide bonds. The molecule has 0 saturated carbocycles. The van der Waals surface area contributed by atoms with Crippen LogP contribution in [-0.2, 0) is 9.47 Å². The smallest absolute Gasteiger partial charge is 0.338 e. The molecule has 0 aliphatic carbocycles. The predicted molar refractivity (Wildman–Crippen MR) is 88.4 cm³/mol. The predicted octanol–water partition coefficient (Wildman–Crippen LogP) is 3.66. The summed E-state index contributed by atoms with van der Waals surface area (Å²) in [6.07, 6.45) is 0. The first kappa shape index (κ1) is 16.3. The van der Waals surface area contributed by atoms with E-state index in [1.165, 1.54) is 32.4 Å². The van der Waals surface area contributed by atoms with Crippen LogP contribution in [0.1, 0.15) is 20.7 Å². The van der Waals surface area contributed by atoms with Gasteiger partial charge in [-0.1, -0.05) is 12.1 Å². The molecule has 0 aliphatic heterocycles. The van der Waals surface area contributed by atoms with Crippen molar-refractivity contribution < 1.29 is 23.8 Å². The first-order valence-electron chi connectivity index (χ1n) is 6.29. The number of carbonyl (C=O) groups excluding carboxylic acids is 2. The molecule has 2 aromatic carbocycles. The maximum absolute atomic E-state index is 11.7. The molecule has 0 saturated heterocycles. The van der Waals surface area contributed by atoms with Crippen molar-refractivity contribution in [3.63, 3.8) is 0 Å². The molecular formula is C16H13IO5. The standard InChI is InChI=1S/C16H13IO5/c1-20-15(18)10-7-11(16(19)21-2)9-12(8-10)22-14-6-4-3-5-13(14)17/h3-9H,1-2H3. The molecule has 0 unspecified atom stereocenters. The van der Waals surface area contributed by atoms with Gasteiger partial charge in [0.2, 0.25) is 0 Å². The summed E-state index contributed by atoms with van der Waals surface area (Å²) in [6.45, 7) is 0. The first-order valence-corrected chi connectivity index (χ1v) is 7.37. The van der Waals surface area contributed by atoms with E-state index in [0.717, 1.165) is 3.57 Å². The van der Waals surface area contributed by atoms with Gasteiger partial charge in [0.15, 0.2) is 0 Å². The number of esters is 2.